The number of hydrogen-bond donors (Lipinski definition) is 1. The second-order valence-corrected chi connectivity index (χ2v) is 7.19. The molecule has 1 N–H and O–H groups in total. The number of benzene rings is 2. The summed E-state index contributed by atoms with van der Waals surface area (Å²) in [6, 6.07) is 20.5. The Kier molecular flexibility index (Phi) is 4.77. The number of hydrogen-bond acceptors (Lipinski definition) is 4. The lowest BCUT2D eigenvalue weighted by Crippen LogP contribution is -2.03. The Morgan fingerprint density at radius 1 is 0.714 bits per heavy atom. The highest BCUT2D eigenvalue weighted by atomic mass is 16.6. The van der Waals surface area contributed by atoms with Crippen molar-refractivity contribution in [1.29, 1.82) is 0 Å². The molecule has 5 nitrogen and oxygen atoms in total. The molecule has 2 aromatic carbocycles. The Labute approximate surface area is 164 Å². The Morgan fingerprint density at radius 2 is 1.25 bits per heavy atom. The molecule has 3 heterocycles. The average Bonchev–Trinajstić information content (AvgIpc) is 3.67. The van der Waals surface area contributed by atoms with Gasteiger partial charge in [-0.25, -0.2) is 0 Å². The van der Waals surface area contributed by atoms with Crippen LogP contribution in [-0.4, -0.2) is 43.6 Å². The molecule has 2 atom stereocenters. The molecule has 3 aromatic rings. The van der Waals surface area contributed by atoms with E-state index in [2.05, 4.69) is 41.4 Å². The molecular weight excluding hydrogens is 354 g/mol. The van der Waals surface area contributed by atoms with E-state index in [-0.39, 0.29) is 6.10 Å². The van der Waals surface area contributed by atoms with Crippen molar-refractivity contribution in [1.82, 2.24) is 4.98 Å². The van der Waals surface area contributed by atoms with Crippen LogP contribution in [0.1, 0.15) is 6.42 Å². The molecule has 0 spiro atoms. The standard InChI is InChI=1S/C23H23NO4/c1-5-18(25-12-11-20-13-27-20)6-2-16(1)22-9-10-23(24-22)17-3-7-19(8-4-17)26-14-21-15-28-21/h1-10,20-21,24H,11-15H2. The summed E-state index contributed by atoms with van der Waals surface area (Å²) >= 11 is 0. The van der Waals surface area contributed by atoms with E-state index in [9.17, 15) is 0 Å². The number of ether oxygens (including phenoxy) is 4. The summed E-state index contributed by atoms with van der Waals surface area (Å²) in [6.07, 6.45) is 1.64. The smallest absolute Gasteiger partial charge is 0.119 e. The fourth-order valence-electron chi connectivity index (χ4n) is 3.09. The zero-order chi connectivity index (χ0) is 18.8. The van der Waals surface area contributed by atoms with Crippen molar-refractivity contribution in [3.8, 4) is 34.0 Å². The molecule has 2 aliphatic heterocycles. The van der Waals surface area contributed by atoms with Gasteiger partial charge in [-0.05, 0) is 71.8 Å². The molecule has 2 saturated heterocycles. The maximum absolute atomic E-state index is 5.76. The molecule has 5 heteroatoms. The monoisotopic (exact) mass is 377 g/mol. The second kappa shape index (κ2) is 7.70. The number of rotatable bonds is 9. The number of H-pyrrole nitrogens is 1. The molecule has 28 heavy (non-hydrogen) atoms. The summed E-state index contributed by atoms with van der Waals surface area (Å²) in [4.78, 5) is 3.49. The van der Waals surface area contributed by atoms with Crippen molar-refractivity contribution in [2.24, 2.45) is 0 Å². The summed E-state index contributed by atoms with van der Waals surface area (Å²) in [6.45, 7) is 3.01. The minimum atomic E-state index is 0.273. The molecule has 5 rings (SSSR count). The van der Waals surface area contributed by atoms with Gasteiger partial charge in [0.25, 0.3) is 0 Å². The lowest BCUT2D eigenvalue weighted by atomic mass is 10.1. The quantitative estimate of drug-likeness (QED) is 0.565. The molecule has 2 unspecified atom stereocenters. The number of aromatic amines is 1. The lowest BCUT2D eigenvalue weighted by molar-refractivity contribution is 0.263. The number of epoxide rings is 2. The Hall–Kier alpha value is -2.76. The van der Waals surface area contributed by atoms with Crippen molar-refractivity contribution < 1.29 is 18.9 Å². The number of aromatic nitrogens is 1. The van der Waals surface area contributed by atoms with E-state index in [4.69, 9.17) is 18.9 Å². The van der Waals surface area contributed by atoms with E-state index < -0.39 is 0 Å². The first-order valence-electron chi connectivity index (χ1n) is 9.72. The van der Waals surface area contributed by atoms with Gasteiger partial charge in [-0.1, -0.05) is 0 Å². The van der Waals surface area contributed by atoms with Crippen LogP contribution in [-0.2, 0) is 9.47 Å². The average molecular weight is 377 g/mol. The summed E-state index contributed by atoms with van der Waals surface area (Å²) in [5.41, 5.74) is 4.42. The van der Waals surface area contributed by atoms with Crippen LogP contribution in [0, 0.1) is 0 Å². The molecule has 0 bridgehead atoms. The molecule has 2 fully saturated rings. The van der Waals surface area contributed by atoms with E-state index in [0.717, 1.165) is 53.6 Å². The minimum Gasteiger partial charge on any atom is -0.493 e. The van der Waals surface area contributed by atoms with Crippen molar-refractivity contribution in [2.45, 2.75) is 18.6 Å². The molecular formula is C23H23NO4. The zero-order valence-electron chi connectivity index (χ0n) is 15.6. The fraction of sp³-hybridized carbons (Fsp3) is 0.304. The molecule has 0 radical (unpaired) electrons. The highest BCUT2D eigenvalue weighted by molar-refractivity contribution is 5.68. The highest BCUT2D eigenvalue weighted by Crippen LogP contribution is 2.27. The van der Waals surface area contributed by atoms with Crippen LogP contribution in [0.5, 0.6) is 11.5 Å². The molecule has 0 amide bonds. The van der Waals surface area contributed by atoms with Gasteiger partial charge in [0.15, 0.2) is 0 Å². The van der Waals surface area contributed by atoms with Crippen LogP contribution in [0.4, 0.5) is 0 Å². The maximum atomic E-state index is 5.76. The maximum Gasteiger partial charge on any atom is 0.119 e. The van der Waals surface area contributed by atoms with Gasteiger partial charge in [-0.2, -0.15) is 0 Å². The van der Waals surface area contributed by atoms with Crippen molar-refractivity contribution >= 4 is 0 Å². The second-order valence-electron chi connectivity index (χ2n) is 7.19. The molecule has 0 saturated carbocycles. The fourth-order valence-corrected chi connectivity index (χ4v) is 3.09. The molecule has 1 aromatic heterocycles. The summed E-state index contributed by atoms with van der Waals surface area (Å²) < 4.78 is 21.8. The van der Waals surface area contributed by atoms with Gasteiger partial charge in [-0.3, -0.25) is 0 Å². The molecule has 2 aliphatic rings. The van der Waals surface area contributed by atoms with Gasteiger partial charge >= 0.3 is 0 Å². The first kappa shape index (κ1) is 17.3. The Bertz CT molecular complexity index is 909. The van der Waals surface area contributed by atoms with Gasteiger partial charge in [-0.15, -0.1) is 0 Å². The third-order valence-electron chi connectivity index (χ3n) is 4.97. The topological polar surface area (TPSA) is 59.3 Å². The van der Waals surface area contributed by atoms with Crippen LogP contribution in [0.3, 0.4) is 0 Å². The van der Waals surface area contributed by atoms with Crippen LogP contribution >= 0.6 is 0 Å². The van der Waals surface area contributed by atoms with E-state index in [0.29, 0.717) is 19.3 Å². The summed E-state index contributed by atoms with van der Waals surface area (Å²) in [7, 11) is 0. The van der Waals surface area contributed by atoms with Gasteiger partial charge in [0.1, 0.15) is 24.2 Å². The largest absolute Gasteiger partial charge is 0.493 e. The molecule has 0 aliphatic carbocycles. The highest BCUT2D eigenvalue weighted by Gasteiger charge is 2.23. The SMILES string of the molecule is c1cc(-c2ccc(-c3ccc(OCC4CO4)cc3)[nH]2)ccc1OCCC1CO1. The third kappa shape index (κ3) is 4.38. The first-order chi connectivity index (χ1) is 13.8. The van der Waals surface area contributed by atoms with Gasteiger partial charge in [0, 0.05) is 17.8 Å². The third-order valence-corrected chi connectivity index (χ3v) is 4.97. The van der Waals surface area contributed by atoms with Gasteiger partial charge in [0.05, 0.1) is 25.9 Å². The van der Waals surface area contributed by atoms with E-state index in [1.165, 1.54) is 0 Å². The molecule has 144 valence electrons. The number of nitrogens with one attached hydrogen (secondary N) is 1. The van der Waals surface area contributed by atoms with Crippen LogP contribution in [0.15, 0.2) is 60.7 Å². The van der Waals surface area contributed by atoms with Gasteiger partial charge in [0.2, 0.25) is 0 Å². The van der Waals surface area contributed by atoms with E-state index >= 15 is 0 Å². The van der Waals surface area contributed by atoms with E-state index in [1.807, 2.05) is 24.3 Å². The van der Waals surface area contributed by atoms with Crippen LogP contribution in [0.25, 0.3) is 22.5 Å². The van der Waals surface area contributed by atoms with Crippen LogP contribution < -0.4 is 9.47 Å². The lowest BCUT2D eigenvalue weighted by Gasteiger charge is -2.06. The van der Waals surface area contributed by atoms with Crippen molar-refractivity contribution in [3.63, 3.8) is 0 Å². The Balaban J connectivity index is 1.21. The van der Waals surface area contributed by atoms with Crippen molar-refractivity contribution in [2.75, 3.05) is 26.4 Å². The predicted molar refractivity (Wildman–Crippen MR) is 107 cm³/mol. The Morgan fingerprint density at radius 3 is 1.79 bits per heavy atom. The predicted octanol–water partition coefficient (Wildman–Crippen LogP) is 4.29. The van der Waals surface area contributed by atoms with E-state index in [1.54, 1.807) is 0 Å². The summed E-state index contributed by atoms with van der Waals surface area (Å²) in [5.74, 6) is 1.76. The van der Waals surface area contributed by atoms with Crippen LogP contribution in [0.2, 0.25) is 0 Å². The van der Waals surface area contributed by atoms with Gasteiger partial charge < -0.3 is 23.9 Å². The summed E-state index contributed by atoms with van der Waals surface area (Å²) in [5, 5.41) is 0. The zero-order valence-corrected chi connectivity index (χ0v) is 15.6. The minimum absolute atomic E-state index is 0.273. The normalized spacial score (nSPS) is 20.0. The van der Waals surface area contributed by atoms with Crippen molar-refractivity contribution in [3.05, 3.63) is 60.7 Å². The first-order valence-corrected chi connectivity index (χ1v) is 9.72.